The Hall–Kier alpha value is -3.48. The number of nitrogens with zero attached hydrogens (tertiary/aromatic N) is 2. The number of carbonyl (C=O) groups is 1. The average Bonchev–Trinajstić information content (AvgIpc) is 3.14. The standard InChI is InChI=1S/C23H26N4O3/c1-23(2,3)16-8-10-17(11-9-16)25-22(28)26-18-12-24-27(13-18)14-19-15-29-20-6-4-5-7-21(20)30-19/h4-13,19H,14-15H2,1-3H3,(H2,25,26,28). The van der Waals surface area contributed by atoms with Gasteiger partial charge in [0.1, 0.15) is 6.61 Å². The van der Waals surface area contributed by atoms with Gasteiger partial charge in [0.15, 0.2) is 17.6 Å². The maximum absolute atomic E-state index is 12.3. The summed E-state index contributed by atoms with van der Waals surface area (Å²) < 4.78 is 13.4. The smallest absolute Gasteiger partial charge is 0.323 e. The van der Waals surface area contributed by atoms with Crippen molar-refractivity contribution in [2.24, 2.45) is 0 Å². The second kappa shape index (κ2) is 8.10. The number of benzene rings is 2. The van der Waals surface area contributed by atoms with Gasteiger partial charge in [-0.05, 0) is 35.2 Å². The number of urea groups is 1. The normalized spacial score (nSPS) is 15.5. The summed E-state index contributed by atoms with van der Waals surface area (Å²) in [6, 6.07) is 15.1. The fraction of sp³-hybridized carbons (Fsp3) is 0.304. The second-order valence-electron chi connectivity index (χ2n) is 8.36. The number of fused-ring (bicyclic) bond motifs is 1. The van der Waals surface area contributed by atoms with Crippen LogP contribution >= 0.6 is 0 Å². The number of hydrogen-bond acceptors (Lipinski definition) is 4. The van der Waals surface area contributed by atoms with Crippen molar-refractivity contribution < 1.29 is 14.3 Å². The molecule has 0 saturated carbocycles. The van der Waals surface area contributed by atoms with Crippen LogP contribution in [0, 0.1) is 0 Å². The van der Waals surface area contributed by atoms with E-state index in [1.54, 1.807) is 17.1 Å². The summed E-state index contributed by atoms with van der Waals surface area (Å²) in [6.07, 6.45) is 3.23. The first-order valence-electron chi connectivity index (χ1n) is 9.96. The maximum Gasteiger partial charge on any atom is 0.323 e. The highest BCUT2D eigenvalue weighted by Crippen LogP contribution is 2.31. The molecule has 3 aromatic rings. The number of ether oxygens (including phenoxy) is 2. The van der Waals surface area contributed by atoms with Crippen molar-refractivity contribution >= 4 is 17.4 Å². The summed E-state index contributed by atoms with van der Waals surface area (Å²) in [5.41, 5.74) is 2.63. The zero-order chi connectivity index (χ0) is 21.1. The van der Waals surface area contributed by atoms with Crippen LogP contribution in [0.25, 0.3) is 0 Å². The Morgan fingerprint density at radius 3 is 2.50 bits per heavy atom. The highest BCUT2D eigenvalue weighted by molar-refractivity contribution is 5.99. The first-order valence-corrected chi connectivity index (χ1v) is 9.96. The first kappa shape index (κ1) is 19.8. The molecule has 7 nitrogen and oxygen atoms in total. The van der Waals surface area contributed by atoms with Crippen molar-refractivity contribution in [3.8, 4) is 11.5 Å². The number of amides is 2. The third-order valence-corrected chi connectivity index (χ3v) is 4.86. The van der Waals surface area contributed by atoms with Gasteiger partial charge in [-0.3, -0.25) is 4.68 Å². The third kappa shape index (κ3) is 4.74. The number of nitrogens with one attached hydrogen (secondary N) is 2. The molecule has 0 aliphatic carbocycles. The van der Waals surface area contributed by atoms with E-state index in [9.17, 15) is 4.79 Å². The Balaban J connectivity index is 1.31. The van der Waals surface area contributed by atoms with E-state index < -0.39 is 0 Å². The number of hydrogen-bond donors (Lipinski definition) is 2. The van der Waals surface area contributed by atoms with Gasteiger partial charge < -0.3 is 20.1 Å². The van der Waals surface area contributed by atoms with Gasteiger partial charge in [0.25, 0.3) is 0 Å². The second-order valence-corrected chi connectivity index (χ2v) is 8.36. The summed E-state index contributed by atoms with van der Waals surface area (Å²) in [5, 5.41) is 9.95. The first-order chi connectivity index (χ1) is 14.4. The van der Waals surface area contributed by atoms with E-state index in [0.717, 1.165) is 17.2 Å². The van der Waals surface area contributed by atoms with Crippen LogP contribution in [0.2, 0.25) is 0 Å². The van der Waals surface area contributed by atoms with E-state index >= 15 is 0 Å². The van der Waals surface area contributed by atoms with Gasteiger partial charge in [-0.15, -0.1) is 0 Å². The predicted molar refractivity (Wildman–Crippen MR) is 116 cm³/mol. The summed E-state index contributed by atoms with van der Waals surface area (Å²) in [4.78, 5) is 12.3. The molecular formula is C23H26N4O3. The highest BCUT2D eigenvalue weighted by Gasteiger charge is 2.21. The van der Waals surface area contributed by atoms with E-state index in [2.05, 4.69) is 36.5 Å². The predicted octanol–water partition coefficient (Wildman–Crippen LogP) is 4.66. The van der Waals surface area contributed by atoms with Crippen molar-refractivity contribution in [1.82, 2.24) is 9.78 Å². The Morgan fingerprint density at radius 1 is 1.07 bits per heavy atom. The zero-order valence-electron chi connectivity index (χ0n) is 17.4. The Kier molecular flexibility index (Phi) is 5.35. The van der Waals surface area contributed by atoms with Gasteiger partial charge in [-0.25, -0.2) is 4.79 Å². The van der Waals surface area contributed by atoms with Crippen LogP contribution in [-0.2, 0) is 12.0 Å². The van der Waals surface area contributed by atoms with Crippen molar-refractivity contribution in [2.45, 2.75) is 38.8 Å². The van der Waals surface area contributed by atoms with E-state index in [1.807, 2.05) is 48.5 Å². The minimum Gasteiger partial charge on any atom is -0.486 e. The Labute approximate surface area is 176 Å². The highest BCUT2D eigenvalue weighted by atomic mass is 16.6. The minimum atomic E-state index is -0.316. The largest absolute Gasteiger partial charge is 0.486 e. The summed E-state index contributed by atoms with van der Waals surface area (Å²) in [6.45, 7) is 7.44. The van der Waals surface area contributed by atoms with Crippen molar-refractivity contribution in [3.63, 3.8) is 0 Å². The molecular weight excluding hydrogens is 380 g/mol. The van der Waals surface area contributed by atoms with Gasteiger partial charge in [0.2, 0.25) is 0 Å². The summed E-state index contributed by atoms with van der Waals surface area (Å²) >= 11 is 0. The maximum atomic E-state index is 12.3. The molecule has 1 atom stereocenters. The molecule has 2 N–H and O–H groups in total. The molecule has 156 valence electrons. The molecule has 0 saturated heterocycles. The quantitative estimate of drug-likeness (QED) is 0.660. The van der Waals surface area contributed by atoms with Crippen LogP contribution in [0.3, 0.4) is 0 Å². The van der Waals surface area contributed by atoms with Gasteiger partial charge in [-0.1, -0.05) is 45.0 Å². The lowest BCUT2D eigenvalue weighted by Gasteiger charge is -2.26. The molecule has 1 aromatic heterocycles. The molecule has 0 spiro atoms. The molecule has 1 aliphatic heterocycles. The van der Waals surface area contributed by atoms with E-state index in [1.165, 1.54) is 5.56 Å². The topological polar surface area (TPSA) is 77.4 Å². The molecule has 30 heavy (non-hydrogen) atoms. The molecule has 1 unspecified atom stereocenters. The van der Waals surface area contributed by atoms with Gasteiger partial charge >= 0.3 is 6.03 Å². The number of rotatable bonds is 4. The molecule has 1 aliphatic rings. The molecule has 0 fully saturated rings. The SMILES string of the molecule is CC(C)(C)c1ccc(NC(=O)Nc2cnn(CC3COc4ccccc4O3)c2)cc1. The van der Waals surface area contributed by atoms with Crippen molar-refractivity contribution in [2.75, 3.05) is 17.2 Å². The summed E-state index contributed by atoms with van der Waals surface area (Å²) in [5.74, 6) is 1.49. The molecule has 7 heteroatoms. The van der Waals surface area contributed by atoms with Gasteiger partial charge in [0.05, 0.1) is 18.4 Å². The molecule has 0 radical (unpaired) electrons. The van der Waals surface area contributed by atoms with E-state index in [4.69, 9.17) is 9.47 Å². The average molecular weight is 406 g/mol. The lowest BCUT2D eigenvalue weighted by atomic mass is 9.87. The third-order valence-electron chi connectivity index (χ3n) is 4.86. The van der Waals surface area contributed by atoms with Crippen LogP contribution in [0.15, 0.2) is 60.9 Å². The summed E-state index contributed by atoms with van der Waals surface area (Å²) in [7, 11) is 0. The van der Waals surface area contributed by atoms with Gasteiger partial charge in [0, 0.05) is 11.9 Å². The Bertz CT molecular complexity index is 1020. The van der Waals surface area contributed by atoms with Crippen LogP contribution in [0.5, 0.6) is 11.5 Å². The molecule has 0 bridgehead atoms. The molecule has 4 rings (SSSR count). The fourth-order valence-electron chi connectivity index (χ4n) is 3.24. The number of aromatic nitrogens is 2. The van der Waals surface area contributed by atoms with Crippen molar-refractivity contribution in [3.05, 3.63) is 66.5 Å². The van der Waals surface area contributed by atoms with Crippen LogP contribution < -0.4 is 20.1 Å². The van der Waals surface area contributed by atoms with Crippen LogP contribution in [0.1, 0.15) is 26.3 Å². The van der Waals surface area contributed by atoms with Crippen LogP contribution in [0.4, 0.5) is 16.2 Å². The molecule has 2 heterocycles. The molecule has 2 aromatic carbocycles. The molecule has 2 amide bonds. The van der Waals surface area contributed by atoms with Gasteiger partial charge in [-0.2, -0.15) is 5.10 Å². The number of para-hydroxylation sites is 2. The van der Waals surface area contributed by atoms with Crippen molar-refractivity contribution in [1.29, 1.82) is 0 Å². The lowest BCUT2D eigenvalue weighted by Crippen LogP contribution is -2.33. The van der Waals surface area contributed by atoms with E-state index in [0.29, 0.717) is 18.8 Å². The lowest BCUT2D eigenvalue weighted by molar-refractivity contribution is 0.0759. The zero-order valence-corrected chi connectivity index (χ0v) is 17.4. The number of anilines is 2. The Morgan fingerprint density at radius 2 is 1.77 bits per heavy atom. The van der Waals surface area contributed by atoms with Crippen LogP contribution in [-0.4, -0.2) is 28.5 Å². The fourth-order valence-corrected chi connectivity index (χ4v) is 3.24. The van der Waals surface area contributed by atoms with E-state index in [-0.39, 0.29) is 17.6 Å². The monoisotopic (exact) mass is 406 g/mol. The minimum absolute atomic E-state index is 0.0739. The number of carbonyl (C=O) groups excluding carboxylic acids is 1.